The second-order valence-corrected chi connectivity index (χ2v) is 2.45. The first-order chi connectivity index (χ1) is 4.00. The van der Waals surface area contributed by atoms with E-state index in [1.54, 1.807) is 0 Å². The molecule has 0 aromatic carbocycles. The van der Waals surface area contributed by atoms with Crippen LogP contribution < -0.4 is 0 Å². The molecule has 0 radical (unpaired) electrons. The smallest absolute Gasteiger partial charge is 0.759 e. The fourth-order valence-electron chi connectivity index (χ4n) is 0. The van der Waals surface area contributed by atoms with Crippen LogP contribution in [0.25, 0.3) is 0 Å². The van der Waals surface area contributed by atoms with Gasteiger partial charge in [0.1, 0.15) is 0 Å². The second-order valence-electron chi connectivity index (χ2n) is 0.816. The molecule has 4 N–H and O–H groups in total. The summed E-state index contributed by atoms with van der Waals surface area (Å²) in [6.07, 6.45) is 0. The summed E-state index contributed by atoms with van der Waals surface area (Å²) >= 11 is 0. The van der Waals surface area contributed by atoms with Crippen LogP contribution in [0.1, 0.15) is 0 Å². The molecule has 14 heavy (non-hydrogen) atoms. The maximum absolute atomic E-state index is 8.52. The Labute approximate surface area is 126 Å². The van der Waals surface area contributed by atoms with Crippen LogP contribution in [-0.4, -0.2) is 107 Å². The topological polar surface area (TPSA) is 224 Å². The van der Waals surface area contributed by atoms with Gasteiger partial charge in [0, 0.05) is 20.8 Å². The van der Waals surface area contributed by atoms with Gasteiger partial charge in [-0.1, -0.05) is 0 Å². The van der Waals surface area contributed by atoms with Gasteiger partial charge < -0.3 is 29.2 Å². The molecule has 0 saturated heterocycles. The van der Waals surface area contributed by atoms with E-state index in [4.69, 9.17) is 35.0 Å². The molecule has 0 aliphatic rings. The van der Waals surface area contributed by atoms with Crippen LogP contribution in [0, 0.1) is 0 Å². The Morgan fingerprint density at radius 2 is 0.643 bits per heavy atom. The van der Waals surface area contributed by atoms with Crippen LogP contribution >= 0.6 is 0 Å². The molecule has 0 unspecified atom stereocenters. The van der Waals surface area contributed by atoms with E-state index in [9.17, 15) is 0 Å². The minimum absolute atomic E-state index is 0. The van der Waals surface area contributed by atoms with Gasteiger partial charge in [0.05, 0.1) is 0 Å². The molecule has 0 aliphatic carbocycles. The van der Waals surface area contributed by atoms with Gasteiger partial charge in [0.15, 0.2) is 0 Å². The van der Waals surface area contributed by atoms with Gasteiger partial charge in [-0.05, 0) is 0 Å². The largest absolute Gasteiger partial charge is 2.00 e. The fourth-order valence-corrected chi connectivity index (χ4v) is 0. The first-order valence-electron chi connectivity index (χ1n) is 1.33. The monoisotopic (exact) mass is 292 g/mol. The van der Waals surface area contributed by atoms with Crippen LogP contribution in [-0.2, 0) is 20.8 Å². The van der Waals surface area contributed by atoms with Gasteiger partial charge in [-0.25, -0.2) is 0 Å². The molecule has 0 saturated carbocycles. The molecular weight excluding hydrogens is 289 g/mol. The average molecular weight is 293 g/mol. The van der Waals surface area contributed by atoms with E-state index in [1.165, 1.54) is 0 Å². The van der Waals surface area contributed by atoms with E-state index >= 15 is 0 Å². The van der Waals surface area contributed by atoms with E-state index < -0.39 is 20.8 Å². The molecule has 0 aliphatic heterocycles. The van der Waals surface area contributed by atoms with Crippen molar-refractivity contribution in [2.45, 2.75) is 0 Å². The van der Waals surface area contributed by atoms with Crippen LogP contribution in [0.2, 0.25) is 0 Å². The predicted molar refractivity (Wildman–Crippen MR) is 39.7 cm³/mol. The van der Waals surface area contributed by atoms with Crippen molar-refractivity contribution in [3.63, 3.8) is 0 Å². The third-order valence-electron chi connectivity index (χ3n) is 0. The fraction of sp³-hybridized carbons (Fsp3) is 0. The molecule has 10 nitrogen and oxygen atoms in total. The van der Waals surface area contributed by atoms with Gasteiger partial charge in [0.25, 0.3) is 0 Å². The molecule has 0 spiro atoms. The molecule has 0 aromatic rings. The summed E-state index contributed by atoms with van der Waals surface area (Å²) in [5.74, 6) is 0. The first kappa shape index (κ1) is 36.1. The van der Waals surface area contributed by atoms with Crippen molar-refractivity contribution < 1.29 is 46.0 Å². The molecule has 0 aromatic heterocycles. The molecule has 0 atom stereocenters. The Morgan fingerprint density at radius 1 is 0.643 bits per heavy atom. The summed E-state index contributed by atoms with van der Waals surface area (Å²) < 4.78 is 68.2. The van der Waals surface area contributed by atoms with Crippen molar-refractivity contribution in [3.8, 4) is 0 Å². The van der Waals surface area contributed by atoms with Crippen molar-refractivity contribution in [1.82, 2.24) is 0 Å². The molecule has 0 heterocycles. The zero-order valence-electron chi connectivity index (χ0n) is 6.50. The maximum atomic E-state index is 8.52. The Bertz CT molecular complexity index is 214. The SMILES string of the molecule is O.O.O=S(=O)([O-])[O-].O=S(=O)([O-])[O-].[Ca+2].[Mg+2]. The zero-order valence-corrected chi connectivity index (χ0v) is 11.8. The van der Waals surface area contributed by atoms with E-state index in [0.717, 1.165) is 0 Å². The Kier molecular flexibility index (Phi) is 37.8. The molecule has 0 bridgehead atoms. The van der Waals surface area contributed by atoms with Gasteiger partial charge in [0.2, 0.25) is 0 Å². The van der Waals surface area contributed by atoms with Gasteiger partial charge in [-0.15, -0.1) is 0 Å². The third kappa shape index (κ3) is 775. The Balaban J connectivity index is -0.0000000178. The second kappa shape index (κ2) is 14.7. The average Bonchev–Trinajstić information content (AvgIpc) is 1.12. The zero-order chi connectivity index (χ0) is 9.00. The van der Waals surface area contributed by atoms with E-state index in [-0.39, 0.29) is 71.7 Å². The molecule has 80 valence electrons. The van der Waals surface area contributed by atoms with Gasteiger partial charge in [-0.2, -0.15) is 0 Å². The Morgan fingerprint density at radius 3 is 0.643 bits per heavy atom. The molecule has 0 amide bonds. The molecular formula is H4CaMgO10S2. The van der Waals surface area contributed by atoms with Gasteiger partial charge in [-0.3, -0.25) is 16.8 Å². The van der Waals surface area contributed by atoms with E-state index in [1.807, 2.05) is 0 Å². The van der Waals surface area contributed by atoms with E-state index in [2.05, 4.69) is 0 Å². The van der Waals surface area contributed by atoms with E-state index in [0.29, 0.717) is 0 Å². The van der Waals surface area contributed by atoms with Gasteiger partial charge >= 0.3 is 60.8 Å². The number of hydrogen-bond acceptors (Lipinski definition) is 8. The third-order valence-corrected chi connectivity index (χ3v) is 0. The van der Waals surface area contributed by atoms with Crippen molar-refractivity contribution in [2.75, 3.05) is 0 Å². The minimum Gasteiger partial charge on any atom is -0.759 e. The maximum Gasteiger partial charge on any atom is 2.00 e. The van der Waals surface area contributed by atoms with Crippen LogP contribution in [0.4, 0.5) is 0 Å². The normalized spacial score (nSPS) is 8.29. The van der Waals surface area contributed by atoms with Crippen LogP contribution in [0.3, 0.4) is 0 Å². The van der Waals surface area contributed by atoms with Crippen molar-refractivity contribution >= 4 is 81.6 Å². The summed E-state index contributed by atoms with van der Waals surface area (Å²) in [5, 5.41) is 0. The minimum atomic E-state index is -5.17. The molecule has 14 heteroatoms. The standard InChI is InChI=1S/Ca.Mg.2H2O4S.2H2O/c;;2*1-5(2,3)4;;/h;;2*(H2,1,2,3,4);2*1H2/q2*+2;;;;/p-4. The Hall–Kier alpha value is 1.69. The first-order valence-corrected chi connectivity index (χ1v) is 4.00. The van der Waals surface area contributed by atoms with Crippen molar-refractivity contribution in [3.05, 3.63) is 0 Å². The predicted octanol–water partition coefficient (Wildman–Crippen LogP) is -5.09. The summed E-state index contributed by atoms with van der Waals surface area (Å²) in [5.41, 5.74) is 0. The summed E-state index contributed by atoms with van der Waals surface area (Å²) in [6.45, 7) is 0. The number of rotatable bonds is 0. The summed E-state index contributed by atoms with van der Waals surface area (Å²) in [6, 6.07) is 0. The quantitative estimate of drug-likeness (QED) is 0.238. The molecule has 0 rings (SSSR count). The molecule has 0 fully saturated rings. The van der Waals surface area contributed by atoms with Crippen LogP contribution in [0.5, 0.6) is 0 Å². The summed E-state index contributed by atoms with van der Waals surface area (Å²) in [7, 11) is -10.3. The number of hydrogen-bond donors (Lipinski definition) is 0. The summed E-state index contributed by atoms with van der Waals surface area (Å²) in [4.78, 5) is 0. The van der Waals surface area contributed by atoms with Crippen molar-refractivity contribution in [2.24, 2.45) is 0 Å². The van der Waals surface area contributed by atoms with Crippen LogP contribution in [0.15, 0.2) is 0 Å². The van der Waals surface area contributed by atoms with Crippen molar-refractivity contribution in [1.29, 1.82) is 0 Å².